The van der Waals surface area contributed by atoms with Gasteiger partial charge in [0.2, 0.25) is 5.91 Å². The van der Waals surface area contributed by atoms with Crippen molar-refractivity contribution < 1.29 is 4.79 Å². The molecule has 5 N–H and O–H groups in total. The summed E-state index contributed by atoms with van der Waals surface area (Å²) in [5.74, 6) is 0.362. The Balaban J connectivity index is 2.21. The molecular weight excluding hydrogens is 194 g/mol. The summed E-state index contributed by atoms with van der Waals surface area (Å²) in [4.78, 5) is 18.2. The fraction of sp³-hybridized carbons (Fsp3) is 0.444. The van der Waals surface area contributed by atoms with Gasteiger partial charge < -0.3 is 16.8 Å². The maximum atomic E-state index is 10.4. The van der Waals surface area contributed by atoms with Gasteiger partial charge >= 0.3 is 0 Å². The Bertz CT molecular complexity index is 328. The summed E-state index contributed by atoms with van der Waals surface area (Å²) < 4.78 is 0. The van der Waals surface area contributed by atoms with Gasteiger partial charge in [-0.25, -0.2) is 9.97 Å². The Hall–Kier alpha value is -1.85. The molecule has 0 fully saturated rings. The van der Waals surface area contributed by atoms with Crippen LogP contribution in [-0.4, -0.2) is 22.4 Å². The van der Waals surface area contributed by atoms with E-state index in [0.717, 1.165) is 12.8 Å². The molecule has 0 aliphatic carbocycles. The first-order valence-corrected chi connectivity index (χ1v) is 4.78. The zero-order valence-corrected chi connectivity index (χ0v) is 8.44. The lowest BCUT2D eigenvalue weighted by Crippen LogP contribution is -2.11. The molecular formula is C9H15N5O. The highest BCUT2D eigenvalue weighted by molar-refractivity contribution is 5.73. The molecule has 1 amide bonds. The lowest BCUT2D eigenvalue weighted by Gasteiger charge is -2.06. The number of nitrogen functional groups attached to an aromatic ring is 1. The molecule has 1 heterocycles. The van der Waals surface area contributed by atoms with Crippen LogP contribution < -0.4 is 16.8 Å². The Morgan fingerprint density at radius 1 is 1.47 bits per heavy atom. The Kier molecular flexibility index (Phi) is 4.33. The topological polar surface area (TPSA) is 107 Å². The summed E-state index contributed by atoms with van der Waals surface area (Å²) in [6.45, 7) is 0.717. The molecule has 6 heteroatoms. The second-order valence-corrected chi connectivity index (χ2v) is 3.18. The number of anilines is 2. The van der Waals surface area contributed by atoms with Crippen molar-refractivity contribution in [1.82, 2.24) is 9.97 Å². The first-order chi connectivity index (χ1) is 7.20. The van der Waals surface area contributed by atoms with E-state index in [2.05, 4.69) is 15.3 Å². The molecule has 1 aromatic heterocycles. The highest BCUT2D eigenvalue weighted by atomic mass is 16.1. The molecule has 0 aliphatic rings. The van der Waals surface area contributed by atoms with Crippen LogP contribution in [-0.2, 0) is 4.79 Å². The molecule has 0 aliphatic heterocycles. The van der Waals surface area contributed by atoms with Crippen LogP contribution in [0.1, 0.15) is 19.3 Å². The molecule has 0 atom stereocenters. The number of nitrogens with two attached hydrogens (primary N) is 2. The number of carbonyl (C=O) groups is 1. The number of rotatable bonds is 6. The van der Waals surface area contributed by atoms with Crippen LogP contribution in [0.2, 0.25) is 0 Å². The fourth-order valence-electron chi connectivity index (χ4n) is 1.12. The Morgan fingerprint density at radius 2 is 2.27 bits per heavy atom. The van der Waals surface area contributed by atoms with E-state index in [1.165, 1.54) is 6.33 Å². The summed E-state index contributed by atoms with van der Waals surface area (Å²) in [5.41, 5.74) is 11.2. The molecule has 1 aromatic rings. The summed E-state index contributed by atoms with van der Waals surface area (Å²) in [5, 5.41) is 3.06. The van der Waals surface area contributed by atoms with Gasteiger partial charge in [0.1, 0.15) is 6.33 Å². The van der Waals surface area contributed by atoms with Gasteiger partial charge in [0, 0.05) is 13.0 Å². The van der Waals surface area contributed by atoms with Gasteiger partial charge in [-0.15, -0.1) is 0 Å². The molecule has 0 saturated carbocycles. The lowest BCUT2D eigenvalue weighted by molar-refractivity contribution is -0.118. The van der Waals surface area contributed by atoms with E-state index in [4.69, 9.17) is 11.5 Å². The molecule has 0 unspecified atom stereocenters. The Labute approximate surface area is 88.1 Å². The van der Waals surface area contributed by atoms with Crippen molar-refractivity contribution in [3.8, 4) is 0 Å². The highest BCUT2D eigenvalue weighted by Gasteiger charge is 1.98. The number of hydrogen-bond donors (Lipinski definition) is 3. The van der Waals surface area contributed by atoms with E-state index in [1.807, 2.05) is 0 Å². The van der Waals surface area contributed by atoms with Gasteiger partial charge in [0.05, 0.1) is 11.9 Å². The van der Waals surface area contributed by atoms with Gasteiger partial charge in [0.25, 0.3) is 0 Å². The third-order valence-corrected chi connectivity index (χ3v) is 1.88. The Morgan fingerprint density at radius 3 is 2.93 bits per heavy atom. The standard InChI is InChI=1S/C9H15N5O/c10-7-5-12-6-14-9(7)13-4-2-1-3-8(11)15/h5-6H,1-4,10H2,(H2,11,15)(H,12,13,14). The lowest BCUT2D eigenvalue weighted by atomic mass is 10.2. The second kappa shape index (κ2) is 5.79. The van der Waals surface area contributed by atoms with E-state index in [0.29, 0.717) is 24.5 Å². The van der Waals surface area contributed by atoms with Gasteiger partial charge in [-0.2, -0.15) is 0 Å². The predicted molar refractivity (Wildman–Crippen MR) is 58.0 cm³/mol. The van der Waals surface area contributed by atoms with Crippen molar-refractivity contribution >= 4 is 17.4 Å². The zero-order valence-electron chi connectivity index (χ0n) is 8.44. The van der Waals surface area contributed by atoms with Crippen LogP contribution in [0.5, 0.6) is 0 Å². The number of nitrogens with zero attached hydrogens (tertiary/aromatic N) is 2. The van der Waals surface area contributed by atoms with E-state index in [9.17, 15) is 4.79 Å². The van der Waals surface area contributed by atoms with Gasteiger partial charge in [-0.3, -0.25) is 4.79 Å². The molecule has 0 spiro atoms. The minimum Gasteiger partial charge on any atom is -0.394 e. The molecule has 6 nitrogen and oxygen atoms in total. The van der Waals surface area contributed by atoms with Crippen molar-refractivity contribution in [3.63, 3.8) is 0 Å². The van der Waals surface area contributed by atoms with Gasteiger partial charge in [0.15, 0.2) is 5.82 Å². The first kappa shape index (κ1) is 11.2. The monoisotopic (exact) mass is 209 g/mol. The van der Waals surface area contributed by atoms with Crippen molar-refractivity contribution in [1.29, 1.82) is 0 Å². The second-order valence-electron chi connectivity index (χ2n) is 3.18. The molecule has 0 aromatic carbocycles. The zero-order chi connectivity index (χ0) is 11.1. The quantitative estimate of drug-likeness (QED) is 0.577. The predicted octanol–water partition coefficient (Wildman–Crippen LogP) is 0.126. The fourth-order valence-corrected chi connectivity index (χ4v) is 1.12. The molecule has 0 saturated heterocycles. The van der Waals surface area contributed by atoms with Gasteiger partial charge in [-0.1, -0.05) is 0 Å². The molecule has 82 valence electrons. The third-order valence-electron chi connectivity index (χ3n) is 1.88. The first-order valence-electron chi connectivity index (χ1n) is 4.78. The van der Waals surface area contributed by atoms with Crippen molar-refractivity contribution in [2.75, 3.05) is 17.6 Å². The molecule has 1 rings (SSSR count). The molecule has 15 heavy (non-hydrogen) atoms. The number of aromatic nitrogens is 2. The minimum atomic E-state index is -0.267. The average molecular weight is 209 g/mol. The summed E-state index contributed by atoms with van der Waals surface area (Å²) in [7, 11) is 0. The third kappa shape index (κ3) is 4.26. The van der Waals surface area contributed by atoms with E-state index in [-0.39, 0.29) is 5.91 Å². The van der Waals surface area contributed by atoms with Crippen LogP contribution in [0, 0.1) is 0 Å². The number of carbonyl (C=O) groups excluding carboxylic acids is 1. The van der Waals surface area contributed by atoms with Crippen LogP contribution in [0.25, 0.3) is 0 Å². The van der Waals surface area contributed by atoms with Crippen molar-refractivity contribution in [3.05, 3.63) is 12.5 Å². The summed E-state index contributed by atoms with van der Waals surface area (Å²) in [6, 6.07) is 0. The normalized spacial score (nSPS) is 9.87. The van der Waals surface area contributed by atoms with Gasteiger partial charge in [-0.05, 0) is 12.8 Å². The minimum absolute atomic E-state index is 0.267. The van der Waals surface area contributed by atoms with Crippen LogP contribution >= 0.6 is 0 Å². The number of nitrogens with one attached hydrogen (secondary N) is 1. The average Bonchev–Trinajstić information content (AvgIpc) is 2.20. The smallest absolute Gasteiger partial charge is 0.217 e. The van der Waals surface area contributed by atoms with Crippen LogP contribution in [0.15, 0.2) is 12.5 Å². The summed E-state index contributed by atoms with van der Waals surface area (Å²) in [6.07, 6.45) is 5.02. The number of amides is 1. The number of hydrogen-bond acceptors (Lipinski definition) is 5. The van der Waals surface area contributed by atoms with E-state index in [1.54, 1.807) is 6.20 Å². The van der Waals surface area contributed by atoms with E-state index < -0.39 is 0 Å². The summed E-state index contributed by atoms with van der Waals surface area (Å²) >= 11 is 0. The maximum Gasteiger partial charge on any atom is 0.217 e. The van der Waals surface area contributed by atoms with E-state index >= 15 is 0 Å². The largest absolute Gasteiger partial charge is 0.394 e. The SMILES string of the molecule is NC(=O)CCCCNc1ncncc1N. The van der Waals surface area contributed by atoms with Crippen molar-refractivity contribution in [2.24, 2.45) is 5.73 Å². The van der Waals surface area contributed by atoms with Crippen LogP contribution in [0.4, 0.5) is 11.5 Å². The highest BCUT2D eigenvalue weighted by Crippen LogP contribution is 2.11. The molecule has 0 radical (unpaired) electrons. The van der Waals surface area contributed by atoms with Crippen LogP contribution in [0.3, 0.4) is 0 Å². The molecule has 0 bridgehead atoms. The number of primary amides is 1. The maximum absolute atomic E-state index is 10.4. The number of unbranched alkanes of at least 4 members (excludes halogenated alkanes) is 1. The van der Waals surface area contributed by atoms with Crippen molar-refractivity contribution in [2.45, 2.75) is 19.3 Å².